The van der Waals surface area contributed by atoms with E-state index >= 15 is 0 Å². The highest BCUT2D eigenvalue weighted by Gasteiger charge is 2.33. The maximum atomic E-state index is 13.3. The number of hydrogen-bond donors (Lipinski definition) is 0. The van der Waals surface area contributed by atoms with Crippen LogP contribution in [0.25, 0.3) is 32.0 Å². The lowest BCUT2D eigenvalue weighted by Crippen LogP contribution is -2.11. The second-order valence-corrected chi connectivity index (χ2v) is 16.0. The van der Waals surface area contributed by atoms with Gasteiger partial charge in [-0.25, -0.2) is 9.59 Å². The number of ether oxygens (including phenoxy) is 2. The normalized spacial score (nSPS) is 13.4. The quantitative estimate of drug-likeness (QED) is 0.0512. The van der Waals surface area contributed by atoms with Gasteiger partial charge in [0.25, 0.3) is 0 Å². The van der Waals surface area contributed by atoms with Gasteiger partial charge in [-0.05, 0) is 94.1 Å². The molecule has 0 amide bonds. The van der Waals surface area contributed by atoms with Crippen LogP contribution in [0.5, 0.6) is 11.5 Å². The fourth-order valence-corrected chi connectivity index (χ4v) is 9.26. The molecule has 0 bridgehead atoms. The fraction of sp³-hybridized carbons (Fsp3) is 0.348. The van der Waals surface area contributed by atoms with Crippen LogP contribution < -0.4 is 19.9 Å². The first-order valence-electron chi connectivity index (χ1n) is 19.3. The van der Waals surface area contributed by atoms with Crippen LogP contribution in [0, 0.1) is 0 Å². The Morgan fingerprint density at radius 1 is 0.462 bits per heavy atom. The Bertz CT molecular complexity index is 2000. The van der Waals surface area contributed by atoms with Gasteiger partial charge in [0, 0.05) is 20.2 Å². The molecule has 268 valence electrons. The van der Waals surface area contributed by atoms with Crippen LogP contribution in [-0.4, -0.2) is 11.9 Å². The van der Waals surface area contributed by atoms with Gasteiger partial charge in [0.05, 0.1) is 11.1 Å². The van der Waals surface area contributed by atoms with Gasteiger partial charge in [-0.2, -0.15) is 0 Å². The van der Waals surface area contributed by atoms with Crippen LogP contribution in [0.4, 0.5) is 0 Å². The fourth-order valence-electron chi connectivity index (χ4n) is 7.35. The lowest BCUT2D eigenvalue weighted by Gasteiger charge is -2.03. The summed E-state index contributed by atoms with van der Waals surface area (Å²) in [5.74, 6) is -0.241. The molecule has 2 aliphatic heterocycles. The molecule has 0 fully saturated rings. The Hall–Kier alpha value is -4.26. The summed E-state index contributed by atoms with van der Waals surface area (Å²) in [5, 5.41) is 5.83. The summed E-state index contributed by atoms with van der Waals surface area (Å²) < 4.78 is 11.6. The molecule has 6 heteroatoms. The molecule has 3 aromatic carbocycles. The van der Waals surface area contributed by atoms with Crippen molar-refractivity contribution in [3.8, 4) is 32.4 Å². The topological polar surface area (TPSA) is 52.6 Å². The molecule has 0 aliphatic carbocycles. The Morgan fingerprint density at radius 2 is 0.827 bits per heavy atom. The Balaban J connectivity index is 1.06. The molecule has 7 rings (SSSR count). The first kappa shape index (κ1) is 36.1. The molecule has 0 radical (unpaired) electrons. The molecule has 2 aromatic heterocycles. The molecule has 0 saturated carbocycles. The van der Waals surface area contributed by atoms with E-state index in [-0.39, 0.29) is 0 Å². The van der Waals surface area contributed by atoms with E-state index in [9.17, 15) is 9.59 Å². The van der Waals surface area contributed by atoms with Crippen molar-refractivity contribution in [2.75, 3.05) is 0 Å². The minimum Gasteiger partial charge on any atom is -0.418 e. The van der Waals surface area contributed by atoms with E-state index in [0.717, 1.165) is 35.1 Å². The molecule has 4 nitrogen and oxygen atoms in total. The van der Waals surface area contributed by atoms with Crippen molar-refractivity contribution in [3.05, 3.63) is 116 Å². The number of hydrogen-bond acceptors (Lipinski definition) is 6. The summed E-state index contributed by atoms with van der Waals surface area (Å²) in [5.41, 5.74) is 7.60. The van der Waals surface area contributed by atoms with Gasteiger partial charge in [-0.1, -0.05) is 127 Å². The van der Waals surface area contributed by atoms with Crippen molar-refractivity contribution < 1.29 is 19.1 Å². The number of carbonyl (C=O) groups excluding carboxylic acids is 2. The average molecular weight is 729 g/mol. The van der Waals surface area contributed by atoms with E-state index in [0.29, 0.717) is 33.1 Å². The smallest absolute Gasteiger partial charge is 0.345 e. The summed E-state index contributed by atoms with van der Waals surface area (Å²) in [4.78, 5) is 29.0. The predicted molar refractivity (Wildman–Crippen MR) is 216 cm³/mol. The van der Waals surface area contributed by atoms with Crippen LogP contribution in [-0.2, 0) is 22.4 Å². The third kappa shape index (κ3) is 8.04. The van der Waals surface area contributed by atoms with Gasteiger partial charge >= 0.3 is 11.9 Å². The van der Waals surface area contributed by atoms with E-state index in [4.69, 9.17) is 9.47 Å². The van der Waals surface area contributed by atoms with Crippen molar-refractivity contribution in [3.63, 3.8) is 0 Å². The lowest BCUT2D eigenvalue weighted by molar-refractivity contribution is -0.129. The predicted octanol–water partition coefficient (Wildman–Crippen LogP) is 11.2. The molecule has 4 heterocycles. The number of benzene rings is 3. The Labute approximate surface area is 315 Å². The minimum atomic E-state index is -0.436. The molecule has 0 N–H and O–H groups in total. The zero-order valence-corrected chi connectivity index (χ0v) is 32.1. The summed E-state index contributed by atoms with van der Waals surface area (Å²) in [7, 11) is 0. The maximum Gasteiger partial charge on any atom is 0.345 e. The van der Waals surface area contributed by atoms with Gasteiger partial charge in [0.2, 0.25) is 0 Å². The van der Waals surface area contributed by atoms with Crippen molar-refractivity contribution in [1.29, 1.82) is 0 Å². The molecular weight excluding hydrogens is 681 g/mol. The Kier molecular flexibility index (Phi) is 11.8. The SMILES string of the molecule is CCCCCCCCc1csc(-c2ccc(C3=c4ccc5c(c4OC3=O)OC(=O)C=5c3ccc(-c4cc(CCCCCCCC)cs4)cc3)cc2)c1. The number of thiophene rings is 2. The van der Waals surface area contributed by atoms with Gasteiger partial charge in [0.1, 0.15) is 0 Å². The first-order chi connectivity index (χ1) is 25.5. The largest absolute Gasteiger partial charge is 0.418 e. The summed E-state index contributed by atoms with van der Waals surface area (Å²) >= 11 is 3.54. The van der Waals surface area contributed by atoms with Crippen molar-refractivity contribution >= 4 is 45.8 Å². The molecule has 0 unspecified atom stereocenters. The van der Waals surface area contributed by atoms with Crippen LogP contribution in [0.3, 0.4) is 0 Å². The molecule has 5 aromatic rings. The van der Waals surface area contributed by atoms with Crippen LogP contribution >= 0.6 is 22.7 Å². The second kappa shape index (κ2) is 17.0. The molecule has 0 saturated heterocycles. The standard InChI is InChI=1S/C46H48O4S2/c1-3-5-7-9-11-13-15-31-27-39(51-29-31)33-17-21-35(22-18-33)41-37-25-26-38-42(46(48)50-44(38)43(37)49-45(41)47)36-23-19-34(20-24-36)40-28-32(30-52-40)16-14-12-10-8-6-4-2/h17-30H,3-16H2,1-2H3. The van der Waals surface area contributed by atoms with Crippen LogP contribution in [0.15, 0.2) is 83.6 Å². The number of unbranched alkanes of at least 4 members (excludes halogenated alkanes) is 10. The highest BCUT2D eigenvalue weighted by Crippen LogP contribution is 2.35. The lowest BCUT2D eigenvalue weighted by atomic mass is 9.99. The highest BCUT2D eigenvalue weighted by atomic mass is 32.1. The van der Waals surface area contributed by atoms with Gasteiger partial charge < -0.3 is 9.47 Å². The van der Waals surface area contributed by atoms with E-state index in [1.807, 2.05) is 36.4 Å². The third-order valence-corrected chi connectivity index (χ3v) is 12.4. The van der Waals surface area contributed by atoms with Crippen LogP contribution in [0.1, 0.15) is 113 Å². The number of aryl methyl sites for hydroxylation is 2. The second-order valence-electron chi connectivity index (χ2n) is 14.2. The van der Waals surface area contributed by atoms with E-state index in [1.54, 1.807) is 22.7 Å². The number of carbonyl (C=O) groups is 2. The van der Waals surface area contributed by atoms with E-state index < -0.39 is 11.9 Å². The third-order valence-electron chi connectivity index (χ3n) is 10.3. The summed E-state index contributed by atoms with van der Waals surface area (Å²) in [6.45, 7) is 4.51. The zero-order chi connectivity index (χ0) is 35.9. The monoisotopic (exact) mass is 728 g/mol. The maximum absolute atomic E-state index is 13.3. The van der Waals surface area contributed by atoms with Crippen LogP contribution in [0.2, 0.25) is 0 Å². The van der Waals surface area contributed by atoms with Crippen molar-refractivity contribution in [1.82, 2.24) is 0 Å². The summed E-state index contributed by atoms with van der Waals surface area (Å²) in [6.07, 6.45) is 17.9. The first-order valence-corrected chi connectivity index (χ1v) is 21.0. The zero-order valence-electron chi connectivity index (χ0n) is 30.4. The highest BCUT2D eigenvalue weighted by molar-refractivity contribution is 7.14. The van der Waals surface area contributed by atoms with Crippen molar-refractivity contribution in [2.24, 2.45) is 0 Å². The van der Waals surface area contributed by atoms with Gasteiger partial charge in [-0.15, -0.1) is 22.7 Å². The van der Waals surface area contributed by atoms with E-state index in [1.165, 1.54) is 97.9 Å². The average Bonchev–Trinajstić information content (AvgIpc) is 3.96. The minimum absolute atomic E-state index is 0.315. The molecule has 52 heavy (non-hydrogen) atoms. The van der Waals surface area contributed by atoms with Gasteiger partial charge in [0.15, 0.2) is 11.5 Å². The number of rotatable bonds is 18. The molecule has 2 aliphatic rings. The number of fused-ring (bicyclic) bond motifs is 3. The Morgan fingerprint density at radius 3 is 1.23 bits per heavy atom. The molecule has 0 spiro atoms. The molecular formula is C46H48O4S2. The van der Waals surface area contributed by atoms with Crippen molar-refractivity contribution in [2.45, 2.75) is 104 Å². The van der Waals surface area contributed by atoms with Gasteiger partial charge in [-0.3, -0.25) is 0 Å². The molecule has 0 atom stereocenters. The number of esters is 2. The summed E-state index contributed by atoms with van der Waals surface area (Å²) in [6, 6.07) is 24.6. The van der Waals surface area contributed by atoms with E-state index in [2.05, 4.69) is 61.0 Å².